The Morgan fingerprint density at radius 1 is 1.19 bits per heavy atom. The van der Waals surface area contributed by atoms with E-state index in [1.54, 1.807) is 0 Å². The molecule has 3 aromatic rings. The Kier molecular flexibility index (Phi) is 9.33. The average Bonchev–Trinajstić information content (AvgIpc) is 3.48. The molecule has 12 nitrogen and oxygen atoms in total. The summed E-state index contributed by atoms with van der Waals surface area (Å²) in [5.41, 5.74) is 15.0. The molecule has 2 fully saturated rings. The van der Waals surface area contributed by atoms with Crippen LogP contribution in [0.3, 0.4) is 0 Å². The van der Waals surface area contributed by atoms with E-state index in [-0.39, 0.29) is 30.3 Å². The second-order valence-electron chi connectivity index (χ2n) is 13.0. The Hall–Kier alpha value is -3.16. The predicted molar refractivity (Wildman–Crippen MR) is 166 cm³/mol. The van der Waals surface area contributed by atoms with Gasteiger partial charge in [-0.3, -0.25) is 4.90 Å². The lowest BCUT2D eigenvalue weighted by atomic mass is 9.76. The number of rotatable bonds is 12. The number of aromatic amines is 1. The Labute approximate surface area is 252 Å². The van der Waals surface area contributed by atoms with Gasteiger partial charge in [-0.1, -0.05) is 19.9 Å². The van der Waals surface area contributed by atoms with Gasteiger partial charge >= 0.3 is 0 Å². The molecule has 1 aliphatic carbocycles. The van der Waals surface area contributed by atoms with Gasteiger partial charge in [0.05, 0.1) is 41.9 Å². The topological polar surface area (TPSA) is 192 Å². The van der Waals surface area contributed by atoms with Crippen LogP contribution in [0.15, 0.2) is 29.5 Å². The highest BCUT2D eigenvalue weighted by molar-refractivity contribution is 5.76. The number of aliphatic hydroxyl groups is 3. The molecule has 2 aliphatic rings. The van der Waals surface area contributed by atoms with Crippen molar-refractivity contribution in [3.63, 3.8) is 0 Å². The van der Waals surface area contributed by atoms with E-state index in [1.165, 1.54) is 6.33 Å². The fourth-order valence-corrected chi connectivity index (χ4v) is 6.36. The summed E-state index contributed by atoms with van der Waals surface area (Å²) in [5.74, 6) is 1.78. The number of hydrogen-bond acceptors (Lipinski definition) is 10. The number of nitrogens with one attached hydrogen (secondary N) is 1. The van der Waals surface area contributed by atoms with Crippen molar-refractivity contribution in [2.75, 3.05) is 18.9 Å². The van der Waals surface area contributed by atoms with Gasteiger partial charge in [-0.25, -0.2) is 19.9 Å². The second kappa shape index (κ2) is 12.8. The number of aliphatic imine (C=N–C) groups is 1. The smallest absolute Gasteiger partial charge is 0.153 e. The number of aromatic nitrogens is 4. The highest BCUT2D eigenvalue weighted by Gasteiger charge is 2.45. The van der Waals surface area contributed by atoms with Crippen molar-refractivity contribution < 1.29 is 20.1 Å². The molecule has 0 amide bonds. The van der Waals surface area contributed by atoms with Crippen molar-refractivity contribution in [1.29, 1.82) is 0 Å². The van der Waals surface area contributed by atoms with Gasteiger partial charge in [0.15, 0.2) is 5.82 Å². The molecular formula is C31H46N8O4. The zero-order valence-electron chi connectivity index (χ0n) is 25.5. The molecule has 8 N–H and O–H groups in total. The Balaban J connectivity index is 1.15. The first-order valence-electron chi connectivity index (χ1n) is 15.2. The van der Waals surface area contributed by atoms with Crippen molar-refractivity contribution in [3.05, 3.63) is 41.6 Å². The number of nitrogens with two attached hydrogens (primary N) is 2. The Bertz CT molecular complexity index is 1420. The highest BCUT2D eigenvalue weighted by atomic mass is 16.5. The van der Waals surface area contributed by atoms with E-state index < -0.39 is 24.4 Å². The average molecular weight is 595 g/mol. The minimum Gasteiger partial charge on any atom is -0.395 e. The van der Waals surface area contributed by atoms with Gasteiger partial charge in [-0.2, -0.15) is 0 Å². The number of nitrogen functional groups attached to an aromatic ring is 1. The van der Waals surface area contributed by atoms with Crippen molar-refractivity contribution >= 4 is 28.9 Å². The maximum atomic E-state index is 10.9. The van der Waals surface area contributed by atoms with Crippen molar-refractivity contribution in [2.45, 2.75) is 102 Å². The quantitative estimate of drug-likeness (QED) is 0.133. The van der Waals surface area contributed by atoms with Gasteiger partial charge in [-0.05, 0) is 56.7 Å². The van der Waals surface area contributed by atoms with Gasteiger partial charge in [0, 0.05) is 36.9 Å². The number of benzene rings is 1. The van der Waals surface area contributed by atoms with Crippen LogP contribution in [-0.4, -0.2) is 96.1 Å². The summed E-state index contributed by atoms with van der Waals surface area (Å²) < 4.78 is 6.21. The van der Waals surface area contributed by atoms with Crippen LogP contribution in [0, 0.1) is 5.92 Å². The summed E-state index contributed by atoms with van der Waals surface area (Å²) in [4.78, 5) is 23.0. The van der Waals surface area contributed by atoms with E-state index in [0.717, 1.165) is 54.4 Å². The number of fused-ring (bicyclic) bond motifs is 1. The zero-order valence-corrected chi connectivity index (χ0v) is 25.5. The molecule has 1 saturated carbocycles. The number of ether oxygens (including phenoxy) is 1. The van der Waals surface area contributed by atoms with Crippen LogP contribution in [0.2, 0.25) is 0 Å². The van der Waals surface area contributed by atoms with Crippen LogP contribution in [-0.2, 0) is 23.0 Å². The van der Waals surface area contributed by atoms with Gasteiger partial charge in [0.1, 0.15) is 30.0 Å². The largest absolute Gasteiger partial charge is 0.395 e. The number of aryl methyl sites for hydroxylation is 1. The molecule has 0 unspecified atom stereocenters. The zero-order chi connectivity index (χ0) is 30.9. The Morgan fingerprint density at radius 3 is 2.63 bits per heavy atom. The van der Waals surface area contributed by atoms with Crippen LogP contribution in [0.4, 0.5) is 11.5 Å². The molecular weight excluding hydrogens is 548 g/mol. The van der Waals surface area contributed by atoms with Crippen LogP contribution in [0.1, 0.15) is 64.0 Å². The molecule has 234 valence electrons. The lowest BCUT2D eigenvalue weighted by molar-refractivity contribution is -0.0428. The summed E-state index contributed by atoms with van der Waals surface area (Å²) >= 11 is 0. The van der Waals surface area contributed by atoms with Crippen molar-refractivity contribution in [3.8, 4) is 0 Å². The number of hydrogen-bond donors (Lipinski definition) is 6. The van der Waals surface area contributed by atoms with Crippen LogP contribution >= 0.6 is 0 Å². The van der Waals surface area contributed by atoms with E-state index >= 15 is 0 Å². The standard InChI is InChI=1S/C31H46N8O4/c1-17(2)39(13-25-29(42)28(41)24(43-25)12-23-27(34-15-32)30(33)36-16-35-23)20-9-18(10-20)5-8-26-37-21-7-6-19(11-22(21)38-26)31(3,4)14-40/h6-7,11,15-18,20,24-25,28-29,40-42H,5,8-10,12-14H2,1-4H3,(H2,32,34)(H,37,38)(H2,33,35,36)/t18-,20+,24-,25+,28-,29+/m0/s1. The lowest BCUT2D eigenvalue weighted by Gasteiger charge is -2.46. The second-order valence-corrected chi connectivity index (χ2v) is 13.0. The number of aliphatic hydroxyl groups excluding tert-OH is 3. The lowest BCUT2D eigenvalue weighted by Crippen LogP contribution is -2.52. The third-order valence-electron chi connectivity index (χ3n) is 9.22. The number of imidazole rings is 1. The number of H-pyrrole nitrogens is 1. The molecule has 3 heterocycles. The molecule has 0 bridgehead atoms. The van der Waals surface area contributed by atoms with E-state index in [0.29, 0.717) is 29.9 Å². The fourth-order valence-electron chi connectivity index (χ4n) is 6.36. The first-order valence-corrected chi connectivity index (χ1v) is 15.2. The van der Waals surface area contributed by atoms with E-state index in [2.05, 4.69) is 56.9 Å². The molecule has 1 aromatic carbocycles. The predicted octanol–water partition coefficient (Wildman–Crippen LogP) is 1.98. The third kappa shape index (κ3) is 6.68. The minimum absolute atomic E-state index is 0.0866. The Morgan fingerprint density at radius 2 is 1.93 bits per heavy atom. The minimum atomic E-state index is -1.06. The maximum absolute atomic E-state index is 10.9. The molecule has 0 radical (unpaired) electrons. The molecule has 43 heavy (non-hydrogen) atoms. The molecule has 1 saturated heterocycles. The van der Waals surface area contributed by atoms with Gasteiger partial charge in [0.25, 0.3) is 0 Å². The van der Waals surface area contributed by atoms with E-state index in [4.69, 9.17) is 21.2 Å². The van der Waals surface area contributed by atoms with Crippen LogP contribution in [0.25, 0.3) is 11.0 Å². The molecule has 12 heteroatoms. The molecule has 5 rings (SSSR count). The summed E-state index contributed by atoms with van der Waals surface area (Å²) in [6, 6.07) is 6.84. The van der Waals surface area contributed by atoms with Crippen LogP contribution in [0.5, 0.6) is 0 Å². The summed E-state index contributed by atoms with van der Waals surface area (Å²) in [6.07, 6.45) is 3.51. The molecule has 4 atom stereocenters. The highest BCUT2D eigenvalue weighted by Crippen LogP contribution is 2.37. The van der Waals surface area contributed by atoms with Gasteiger partial charge < -0.3 is 36.5 Å². The van der Waals surface area contributed by atoms with Gasteiger partial charge in [0.2, 0.25) is 0 Å². The van der Waals surface area contributed by atoms with E-state index in [9.17, 15) is 15.3 Å². The summed E-state index contributed by atoms with van der Waals surface area (Å²) in [5, 5.41) is 31.5. The fraction of sp³-hybridized carbons (Fsp3) is 0.613. The first kappa shape index (κ1) is 31.3. The molecule has 0 spiro atoms. The first-order chi connectivity index (χ1) is 20.5. The SMILES string of the molecule is CC(C)N(C[C@H]1O[C@@H](Cc2ncnc(N)c2/N=C\N)[C@H](O)[C@@H]1O)[C@H]1C[C@@H](CCc2nc3cc(C(C)(C)CO)ccc3[nH]2)C1. The maximum Gasteiger partial charge on any atom is 0.153 e. The van der Waals surface area contributed by atoms with Crippen molar-refractivity contribution in [2.24, 2.45) is 16.6 Å². The molecule has 1 aliphatic heterocycles. The molecule has 2 aromatic heterocycles. The normalized spacial score (nSPS) is 26.3. The number of anilines is 1. The van der Waals surface area contributed by atoms with Gasteiger partial charge in [-0.15, -0.1) is 0 Å². The van der Waals surface area contributed by atoms with Crippen molar-refractivity contribution in [1.82, 2.24) is 24.8 Å². The number of nitrogens with zero attached hydrogens (tertiary/aromatic N) is 5. The summed E-state index contributed by atoms with van der Waals surface area (Å²) in [7, 11) is 0. The van der Waals surface area contributed by atoms with E-state index in [1.807, 2.05) is 13.8 Å². The summed E-state index contributed by atoms with van der Waals surface area (Å²) in [6.45, 7) is 8.98. The van der Waals surface area contributed by atoms with Crippen LogP contribution < -0.4 is 11.5 Å². The third-order valence-corrected chi connectivity index (χ3v) is 9.22. The monoisotopic (exact) mass is 594 g/mol.